The van der Waals surface area contributed by atoms with Crippen molar-refractivity contribution in [1.82, 2.24) is 25.1 Å². The molecule has 144 valence electrons. The van der Waals surface area contributed by atoms with Gasteiger partial charge in [0, 0.05) is 12.7 Å². The molecule has 26 heavy (non-hydrogen) atoms. The summed E-state index contributed by atoms with van der Waals surface area (Å²) >= 11 is 0. The van der Waals surface area contributed by atoms with Gasteiger partial charge in [0.25, 0.3) is 5.91 Å². The molecule has 0 aliphatic carbocycles. The third kappa shape index (κ3) is 3.49. The summed E-state index contributed by atoms with van der Waals surface area (Å²) in [6.45, 7) is 9.21. The van der Waals surface area contributed by atoms with Gasteiger partial charge in [0.15, 0.2) is 0 Å². The van der Waals surface area contributed by atoms with Crippen molar-refractivity contribution in [3.8, 4) is 0 Å². The maximum Gasteiger partial charge on any atom is 0.325 e. The normalized spacial score (nSPS) is 24.5. The molecule has 2 aliphatic rings. The van der Waals surface area contributed by atoms with Crippen LogP contribution in [0.5, 0.6) is 0 Å². The number of carbonyl (C=O) groups is 2. The van der Waals surface area contributed by atoms with Gasteiger partial charge < -0.3 is 15.2 Å². The van der Waals surface area contributed by atoms with E-state index in [0.29, 0.717) is 12.3 Å². The Labute approximate surface area is 155 Å². The van der Waals surface area contributed by atoms with Crippen LogP contribution in [0.25, 0.3) is 0 Å². The Morgan fingerprint density at radius 2 is 2.04 bits per heavy atom. The van der Waals surface area contributed by atoms with Gasteiger partial charge in [0.05, 0.1) is 18.6 Å². The Hall–Kier alpha value is -1.89. The third-order valence-electron chi connectivity index (χ3n) is 5.81. The summed E-state index contributed by atoms with van der Waals surface area (Å²) in [7, 11) is 0. The minimum atomic E-state index is -0.749. The second kappa shape index (κ2) is 7.78. The first-order chi connectivity index (χ1) is 12.5. The van der Waals surface area contributed by atoms with Crippen molar-refractivity contribution in [2.45, 2.75) is 65.1 Å². The Morgan fingerprint density at radius 3 is 2.69 bits per heavy atom. The molecule has 2 fully saturated rings. The molecule has 0 aromatic carbocycles. The number of piperidine rings is 1. The summed E-state index contributed by atoms with van der Waals surface area (Å²) in [6.07, 6.45) is 6.96. The Morgan fingerprint density at radius 1 is 1.31 bits per heavy atom. The van der Waals surface area contributed by atoms with E-state index in [1.807, 2.05) is 11.5 Å². The molecule has 0 saturated carbocycles. The fourth-order valence-electron chi connectivity index (χ4n) is 4.20. The number of nitrogens with zero attached hydrogens (tertiary/aromatic N) is 3. The van der Waals surface area contributed by atoms with E-state index < -0.39 is 5.54 Å². The molecule has 1 atom stereocenters. The van der Waals surface area contributed by atoms with E-state index in [4.69, 9.17) is 0 Å². The van der Waals surface area contributed by atoms with Crippen LogP contribution in [-0.4, -0.2) is 45.0 Å². The average molecular weight is 361 g/mol. The summed E-state index contributed by atoms with van der Waals surface area (Å²) in [5, 5.41) is 6.48. The molecular formula is C19H31N5O2. The van der Waals surface area contributed by atoms with Crippen LogP contribution >= 0.6 is 0 Å². The molecule has 1 aromatic heterocycles. The molecule has 2 N–H and O–H groups in total. The molecule has 7 nitrogen and oxygen atoms in total. The summed E-state index contributed by atoms with van der Waals surface area (Å²) in [6, 6.07) is -0.263. The molecule has 0 unspecified atom stereocenters. The van der Waals surface area contributed by atoms with Crippen LogP contribution in [0.15, 0.2) is 12.5 Å². The Kier molecular flexibility index (Phi) is 5.65. The second-order valence-electron chi connectivity index (χ2n) is 7.92. The fourth-order valence-corrected chi connectivity index (χ4v) is 4.20. The monoisotopic (exact) mass is 361 g/mol. The highest BCUT2D eigenvalue weighted by molar-refractivity contribution is 6.07. The standard InChI is InChI=1S/C19H31N5O2/c1-4-23-13-21-11-16(23)12-24-17(25)19(22-18(24)26,8-5-14(2)3)15-6-9-20-10-7-15/h11,13-15,20H,4-10,12H2,1-3H3,(H,22,26)/t19-/m1/s1. The number of carbonyl (C=O) groups excluding carboxylic acids is 2. The van der Waals surface area contributed by atoms with E-state index in [-0.39, 0.29) is 24.4 Å². The van der Waals surface area contributed by atoms with Crippen molar-refractivity contribution in [3.63, 3.8) is 0 Å². The lowest BCUT2D eigenvalue weighted by atomic mass is 9.74. The highest BCUT2D eigenvalue weighted by atomic mass is 16.2. The van der Waals surface area contributed by atoms with Crippen molar-refractivity contribution in [2.24, 2.45) is 11.8 Å². The van der Waals surface area contributed by atoms with Crippen molar-refractivity contribution in [2.75, 3.05) is 13.1 Å². The lowest BCUT2D eigenvalue weighted by Crippen LogP contribution is -2.55. The number of rotatable bonds is 7. The van der Waals surface area contributed by atoms with E-state index in [2.05, 4.69) is 29.5 Å². The lowest BCUT2D eigenvalue weighted by Gasteiger charge is -2.38. The van der Waals surface area contributed by atoms with Crippen LogP contribution in [0.1, 0.15) is 52.1 Å². The van der Waals surface area contributed by atoms with Gasteiger partial charge in [-0.25, -0.2) is 9.78 Å². The molecule has 2 saturated heterocycles. The number of imide groups is 1. The molecular weight excluding hydrogens is 330 g/mol. The van der Waals surface area contributed by atoms with Crippen LogP contribution in [0.2, 0.25) is 0 Å². The van der Waals surface area contributed by atoms with Gasteiger partial charge in [0.2, 0.25) is 0 Å². The molecule has 3 heterocycles. The summed E-state index contributed by atoms with van der Waals surface area (Å²) in [5.41, 5.74) is 0.140. The van der Waals surface area contributed by atoms with Gasteiger partial charge in [-0.1, -0.05) is 13.8 Å². The number of hydrogen-bond donors (Lipinski definition) is 2. The molecule has 0 bridgehead atoms. The van der Waals surface area contributed by atoms with Crippen molar-refractivity contribution in [1.29, 1.82) is 0 Å². The Balaban J connectivity index is 1.85. The summed E-state index contributed by atoms with van der Waals surface area (Å²) < 4.78 is 1.97. The minimum absolute atomic E-state index is 0.0566. The zero-order valence-corrected chi connectivity index (χ0v) is 16.1. The molecule has 7 heteroatoms. The number of hydrogen-bond acceptors (Lipinski definition) is 4. The van der Waals surface area contributed by atoms with E-state index in [0.717, 1.165) is 44.6 Å². The maximum atomic E-state index is 13.5. The third-order valence-corrected chi connectivity index (χ3v) is 5.81. The largest absolute Gasteiger partial charge is 0.333 e. The number of urea groups is 1. The summed E-state index contributed by atoms with van der Waals surface area (Å²) in [5.74, 6) is 0.632. The van der Waals surface area contributed by atoms with Gasteiger partial charge in [-0.2, -0.15) is 0 Å². The van der Waals surface area contributed by atoms with Crippen LogP contribution < -0.4 is 10.6 Å². The van der Waals surface area contributed by atoms with Crippen molar-refractivity contribution >= 4 is 11.9 Å². The first-order valence-corrected chi connectivity index (χ1v) is 9.81. The van der Waals surface area contributed by atoms with Gasteiger partial charge >= 0.3 is 6.03 Å². The SMILES string of the molecule is CCn1cncc1CN1C(=O)N[C@](CCC(C)C)(C2CCNCC2)C1=O. The smallest absolute Gasteiger partial charge is 0.325 e. The van der Waals surface area contributed by atoms with E-state index >= 15 is 0 Å². The first kappa shape index (κ1) is 18.9. The second-order valence-corrected chi connectivity index (χ2v) is 7.92. The molecule has 2 aliphatic heterocycles. The Bertz CT molecular complexity index is 650. The highest BCUT2D eigenvalue weighted by Gasteiger charge is 2.55. The van der Waals surface area contributed by atoms with Gasteiger partial charge in [-0.3, -0.25) is 9.69 Å². The number of nitrogens with one attached hydrogen (secondary N) is 2. The van der Waals surface area contributed by atoms with Crippen LogP contribution in [-0.2, 0) is 17.9 Å². The predicted octanol–water partition coefficient (Wildman–Crippen LogP) is 2.13. The van der Waals surface area contributed by atoms with Gasteiger partial charge in [-0.05, 0) is 57.5 Å². The highest BCUT2D eigenvalue weighted by Crippen LogP contribution is 2.37. The molecule has 0 spiro atoms. The average Bonchev–Trinajstić information content (AvgIpc) is 3.19. The molecule has 1 aromatic rings. The molecule has 3 rings (SSSR count). The lowest BCUT2D eigenvalue weighted by molar-refractivity contribution is -0.134. The van der Waals surface area contributed by atoms with E-state index in [1.54, 1.807) is 12.5 Å². The fraction of sp³-hybridized carbons (Fsp3) is 0.737. The van der Waals surface area contributed by atoms with E-state index in [1.165, 1.54) is 4.90 Å². The zero-order valence-electron chi connectivity index (χ0n) is 16.1. The number of aromatic nitrogens is 2. The maximum absolute atomic E-state index is 13.5. The minimum Gasteiger partial charge on any atom is -0.333 e. The number of aryl methyl sites for hydroxylation is 1. The van der Waals surface area contributed by atoms with E-state index in [9.17, 15) is 9.59 Å². The van der Waals surface area contributed by atoms with Gasteiger partial charge in [0.1, 0.15) is 5.54 Å². The zero-order chi connectivity index (χ0) is 18.7. The van der Waals surface area contributed by atoms with Crippen LogP contribution in [0.4, 0.5) is 4.79 Å². The van der Waals surface area contributed by atoms with Crippen LogP contribution in [0, 0.1) is 11.8 Å². The quantitative estimate of drug-likeness (QED) is 0.729. The molecule has 3 amide bonds. The van der Waals surface area contributed by atoms with Crippen molar-refractivity contribution in [3.05, 3.63) is 18.2 Å². The first-order valence-electron chi connectivity index (χ1n) is 9.81. The number of amides is 3. The topological polar surface area (TPSA) is 79.3 Å². The molecule has 0 radical (unpaired) electrons. The number of imidazole rings is 1. The van der Waals surface area contributed by atoms with Crippen LogP contribution in [0.3, 0.4) is 0 Å². The summed E-state index contributed by atoms with van der Waals surface area (Å²) in [4.78, 5) is 31.8. The predicted molar refractivity (Wildman–Crippen MR) is 99.4 cm³/mol. The van der Waals surface area contributed by atoms with Gasteiger partial charge in [-0.15, -0.1) is 0 Å². The van der Waals surface area contributed by atoms with Crippen molar-refractivity contribution < 1.29 is 9.59 Å².